The Morgan fingerprint density at radius 2 is 1.54 bits per heavy atom. The van der Waals surface area contributed by atoms with E-state index in [1.165, 1.54) is 44.9 Å². The van der Waals surface area contributed by atoms with E-state index in [-0.39, 0.29) is 28.3 Å². The van der Waals surface area contributed by atoms with Crippen molar-refractivity contribution in [3.63, 3.8) is 0 Å². The molecule has 0 saturated heterocycles. The normalized spacial score (nSPS) is 13.8. The maximum atomic E-state index is 13.8. The van der Waals surface area contributed by atoms with E-state index in [4.69, 9.17) is 9.47 Å². The van der Waals surface area contributed by atoms with Gasteiger partial charge in [0.15, 0.2) is 0 Å². The Balaban J connectivity index is 1.61. The van der Waals surface area contributed by atoms with Crippen LogP contribution < -0.4 is 24.4 Å². The number of hydrogen-bond acceptors (Lipinski definition) is 6. The number of carbonyl (C=O) groups is 2. The molecule has 9 nitrogen and oxygen atoms in total. The fourth-order valence-corrected chi connectivity index (χ4v) is 6.06. The van der Waals surface area contributed by atoms with Crippen LogP contribution in [0.3, 0.4) is 0 Å². The van der Waals surface area contributed by atoms with Crippen LogP contribution in [0.1, 0.15) is 42.5 Å². The van der Waals surface area contributed by atoms with Gasteiger partial charge in [-0.1, -0.05) is 43.5 Å². The van der Waals surface area contributed by atoms with Crippen molar-refractivity contribution in [2.45, 2.75) is 43.0 Å². The summed E-state index contributed by atoms with van der Waals surface area (Å²) in [4.78, 5) is 26.4. The average molecular weight is 552 g/mol. The Labute approximate surface area is 229 Å². The van der Waals surface area contributed by atoms with Crippen LogP contribution >= 0.6 is 0 Å². The third kappa shape index (κ3) is 6.69. The highest BCUT2D eigenvalue weighted by atomic mass is 32.2. The Bertz CT molecular complexity index is 1400. The first kappa shape index (κ1) is 28.0. The van der Waals surface area contributed by atoms with Crippen LogP contribution in [-0.4, -0.2) is 47.0 Å². The molecule has 0 bridgehead atoms. The number of ether oxygens (including phenoxy) is 2. The minimum atomic E-state index is -4.19. The summed E-state index contributed by atoms with van der Waals surface area (Å²) in [7, 11) is -1.27. The summed E-state index contributed by atoms with van der Waals surface area (Å²) < 4.78 is 39.1. The third-order valence-electron chi connectivity index (χ3n) is 6.67. The topological polar surface area (TPSA) is 114 Å². The predicted octanol–water partition coefficient (Wildman–Crippen LogP) is 4.60. The summed E-state index contributed by atoms with van der Waals surface area (Å²) in [6.07, 6.45) is 5.17. The number of sulfonamides is 1. The van der Waals surface area contributed by atoms with Gasteiger partial charge in [-0.05, 0) is 61.4 Å². The van der Waals surface area contributed by atoms with E-state index in [9.17, 15) is 18.0 Å². The van der Waals surface area contributed by atoms with Crippen molar-refractivity contribution >= 4 is 33.2 Å². The van der Waals surface area contributed by atoms with E-state index in [1.54, 1.807) is 48.5 Å². The van der Waals surface area contributed by atoms with Crippen molar-refractivity contribution < 1.29 is 27.5 Å². The Morgan fingerprint density at radius 3 is 2.23 bits per heavy atom. The van der Waals surface area contributed by atoms with Gasteiger partial charge in [-0.2, -0.15) is 0 Å². The van der Waals surface area contributed by atoms with Crippen molar-refractivity contribution in [2.75, 3.05) is 30.4 Å². The molecule has 39 heavy (non-hydrogen) atoms. The molecule has 2 N–H and O–H groups in total. The van der Waals surface area contributed by atoms with E-state index < -0.39 is 22.5 Å². The summed E-state index contributed by atoms with van der Waals surface area (Å²) in [5.74, 6) is -0.102. The predicted molar refractivity (Wildman–Crippen MR) is 150 cm³/mol. The lowest BCUT2D eigenvalue weighted by Crippen LogP contribution is -2.39. The molecule has 0 unspecified atom stereocenters. The summed E-state index contributed by atoms with van der Waals surface area (Å²) in [6.45, 7) is -0.548. The number of hydrogen-bond donors (Lipinski definition) is 2. The maximum absolute atomic E-state index is 13.8. The van der Waals surface area contributed by atoms with Gasteiger partial charge in [0.25, 0.3) is 15.9 Å². The SMILES string of the molecule is COc1ccc(S(=O)(=O)N(CC(=O)Nc2ccccc2C(=O)NC2CCCCC2)c2ccccc2OC)cc1. The summed E-state index contributed by atoms with van der Waals surface area (Å²) in [6, 6.07) is 19.3. The fourth-order valence-electron chi connectivity index (χ4n) is 4.63. The summed E-state index contributed by atoms with van der Waals surface area (Å²) in [5.41, 5.74) is 0.824. The fraction of sp³-hybridized carbons (Fsp3) is 0.310. The lowest BCUT2D eigenvalue weighted by atomic mass is 9.95. The van der Waals surface area contributed by atoms with Crippen molar-refractivity contribution in [1.82, 2.24) is 5.32 Å². The van der Waals surface area contributed by atoms with Crippen LogP contribution in [0, 0.1) is 0 Å². The molecule has 10 heteroatoms. The smallest absolute Gasteiger partial charge is 0.264 e. The van der Waals surface area contributed by atoms with E-state index in [0.717, 1.165) is 30.0 Å². The number of methoxy groups -OCH3 is 2. The van der Waals surface area contributed by atoms with Gasteiger partial charge in [0.2, 0.25) is 5.91 Å². The molecular weight excluding hydrogens is 518 g/mol. The molecule has 1 saturated carbocycles. The third-order valence-corrected chi connectivity index (χ3v) is 8.45. The first-order chi connectivity index (χ1) is 18.8. The second-order valence-corrected chi connectivity index (χ2v) is 11.1. The molecule has 206 valence electrons. The summed E-state index contributed by atoms with van der Waals surface area (Å²) in [5, 5.41) is 5.80. The van der Waals surface area contributed by atoms with Gasteiger partial charge >= 0.3 is 0 Å². The molecule has 0 radical (unpaired) electrons. The van der Waals surface area contributed by atoms with Gasteiger partial charge in [-0.25, -0.2) is 8.42 Å². The lowest BCUT2D eigenvalue weighted by molar-refractivity contribution is -0.114. The zero-order chi connectivity index (χ0) is 27.8. The van der Waals surface area contributed by atoms with Gasteiger partial charge in [0.1, 0.15) is 18.0 Å². The molecule has 0 heterocycles. The Hall–Kier alpha value is -4.05. The van der Waals surface area contributed by atoms with Gasteiger partial charge in [-0.15, -0.1) is 0 Å². The molecule has 0 atom stereocenters. The molecule has 0 spiro atoms. The molecule has 3 aromatic rings. The molecule has 4 rings (SSSR count). The minimum absolute atomic E-state index is 0.0192. The maximum Gasteiger partial charge on any atom is 0.264 e. The zero-order valence-corrected chi connectivity index (χ0v) is 22.9. The number of para-hydroxylation sites is 3. The van der Waals surface area contributed by atoms with Gasteiger partial charge in [-0.3, -0.25) is 13.9 Å². The van der Waals surface area contributed by atoms with Gasteiger partial charge in [0, 0.05) is 6.04 Å². The van der Waals surface area contributed by atoms with Crippen molar-refractivity contribution in [1.29, 1.82) is 0 Å². The highest BCUT2D eigenvalue weighted by Crippen LogP contribution is 2.33. The summed E-state index contributed by atoms with van der Waals surface area (Å²) >= 11 is 0. The highest BCUT2D eigenvalue weighted by Gasteiger charge is 2.30. The monoisotopic (exact) mass is 551 g/mol. The van der Waals surface area contributed by atoms with Crippen LogP contribution in [0.15, 0.2) is 77.7 Å². The molecule has 0 aromatic heterocycles. The lowest BCUT2D eigenvalue weighted by Gasteiger charge is -2.26. The van der Waals surface area contributed by atoms with Crippen molar-refractivity contribution in [3.05, 3.63) is 78.4 Å². The number of rotatable bonds is 10. The molecule has 0 aliphatic heterocycles. The van der Waals surface area contributed by atoms with Gasteiger partial charge in [0.05, 0.1) is 36.1 Å². The van der Waals surface area contributed by atoms with E-state index in [0.29, 0.717) is 17.0 Å². The van der Waals surface area contributed by atoms with Crippen LogP contribution in [-0.2, 0) is 14.8 Å². The van der Waals surface area contributed by atoms with E-state index in [1.807, 2.05) is 0 Å². The Kier molecular flexibility index (Phi) is 9.08. The minimum Gasteiger partial charge on any atom is -0.497 e. The van der Waals surface area contributed by atoms with Crippen molar-refractivity contribution in [2.24, 2.45) is 0 Å². The number of benzene rings is 3. The number of anilines is 2. The van der Waals surface area contributed by atoms with Crippen LogP contribution in [0.4, 0.5) is 11.4 Å². The molecule has 3 aromatic carbocycles. The molecule has 2 amide bonds. The number of carbonyl (C=O) groups excluding carboxylic acids is 2. The molecule has 1 aliphatic carbocycles. The van der Waals surface area contributed by atoms with E-state index in [2.05, 4.69) is 10.6 Å². The van der Waals surface area contributed by atoms with Crippen LogP contribution in [0.25, 0.3) is 0 Å². The highest BCUT2D eigenvalue weighted by molar-refractivity contribution is 7.92. The number of amides is 2. The van der Waals surface area contributed by atoms with Crippen LogP contribution in [0.5, 0.6) is 11.5 Å². The van der Waals surface area contributed by atoms with Gasteiger partial charge < -0.3 is 20.1 Å². The molecule has 1 fully saturated rings. The number of nitrogens with zero attached hydrogens (tertiary/aromatic N) is 1. The molecular formula is C29H33N3O6S. The quantitative estimate of drug-likeness (QED) is 0.381. The van der Waals surface area contributed by atoms with E-state index >= 15 is 0 Å². The zero-order valence-electron chi connectivity index (χ0n) is 22.1. The second kappa shape index (κ2) is 12.7. The van der Waals surface area contributed by atoms with Crippen LogP contribution in [0.2, 0.25) is 0 Å². The first-order valence-electron chi connectivity index (χ1n) is 12.8. The van der Waals surface area contributed by atoms with Crippen molar-refractivity contribution in [3.8, 4) is 11.5 Å². The molecule has 1 aliphatic rings. The Morgan fingerprint density at radius 1 is 0.872 bits per heavy atom. The average Bonchev–Trinajstić information content (AvgIpc) is 2.96. The second-order valence-electron chi connectivity index (χ2n) is 9.26. The standard InChI is InChI=1S/C29H33N3O6S/c1-37-22-16-18-23(19-17-22)39(35,36)32(26-14-8-9-15-27(26)38-2)20-28(33)31-25-13-7-6-12-24(25)29(34)30-21-10-4-3-5-11-21/h6-9,12-19,21H,3-5,10-11,20H2,1-2H3,(H,30,34)(H,31,33). The largest absolute Gasteiger partial charge is 0.497 e. The number of nitrogens with one attached hydrogen (secondary N) is 2. The first-order valence-corrected chi connectivity index (χ1v) is 14.3.